The van der Waals surface area contributed by atoms with Crippen molar-refractivity contribution in [2.24, 2.45) is 0 Å². The van der Waals surface area contributed by atoms with Gasteiger partial charge in [0, 0.05) is 5.88 Å². The van der Waals surface area contributed by atoms with Crippen molar-refractivity contribution in [2.75, 3.05) is 5.88 Å². The van der Waals surface area contributed by atoms with E-state index in [0.29, 0.717) is 0 Å². The number of alkyl halides is 1. The Morgan fingerprint density at radius 2 is 1.27 bits per heavy atom. The molecule has 66 valence electrons. The van der Waals surface area contributed by atoms with Gasteiger partial charge in [0.15, 0.2) is 0 Å². The first kappa shape index (κ1) is 14.6. The van der Waals surface area contributed by atoms with Gasteiger partial charge in [-0.2, -0.15) is 0 Å². The summed E-state index contributed by atoms with van der Waals surface area (Å²) in [5.41, 5.74) is 0. The molecule has 0 aromatic heterocycles. The van der Waals surface area contributed by atoms with Crippen LogP contribution >= 0.6 is 11.6 Å². The fourth-order valence-electron chi connectivity index (χ4n) is 1.05. The van der Waals surface area contributed by atoms with Crippen LogP contribution in [0.4, 0.5) is 0 Å². The van der Waals surface area contributed by atoms with Crippen LogP contribution in [0.25, 0.3) is 0 Å². The molecular formula is C9H21ClMg. The standard InChI is InChI=1S/C9H19Cl.Mg.2H/c1-2-3-4-5-6-7-8-9-10;;;/h2-9H2,1H3;;;. The van der Waals surface area contributed by atoms with Gasteiger partial charge in [0.25, 0.3) is 0 Å². The molecule has 0 aromatic rings. The molecule has 0 rings (SSSR count). The van der Waals surface area contributed by atoms with Gasteiger partial charge in [0.05, 0.1) is 0 Å². The molecule has 0 heterocycles. The minimum Gasteiger partial charge on any atom is -0.127 e. The Balaban J connectivity index is 0. The summed E-state index contributed by atoms with van der Waals surface area (Å²) < 4.78 is 0. The van der Waals surface area contributed by atoms with E-state index in [1.165, 1.54) is 44.9 Å². The van der Waals surface area contributed by atoms with E-state index in [1.807, 2.05) is 0 Å². The normalized spacial score (nSPS) is 9.27. The van der Waals surface area contributed by atoms with Crippen LogP contribution in [0.3, 0.4) is 0 Å². The Bertz CT molecular complexity index is 49.5. The maximum Gasteiger partial charge on any atom is 0.316 e. The first-order chi connectivity index (χ1) is 4.91. The topological polar surface area (TPSA) is 0 Å². The van der Waals surface area contributed by atoms with Gasteiger partial charge in [-0.15, -0.1) is 11.6 Å². The van der Waals surface area contributed by atoms with E-state index in [9.17, 15) is 0 Å². The minimum absolute atomic E-state index is 0. The van der Waals surface area contributed by atoms with Gasteiger partial charge in [-0.3, -0.25) is 0 Å². The molecule has 0 spiro atoms. The summed E-state index contributed by atoms with van der Waals surface area (Å²) in [6.07, 6.45) is 9.48. The zero-order valence-electron chi connectivity index (χ0n) is 7.03. The van der Waals surface area contributed by atoms with Crippen molar-refractivity contribution in [1.82, 2.24) is 0 Å². The number of rotatable bonds is 7. The number of hydrogen-bond donors (Lipinski definition) is 0. The van der Waals surface area contributed by atoms with E-state index >= 15 is 0 Å². The van der Waals surface area contributed by atoms with Crippen LogP contribution in [-0.2, 0) is 0 Å². The Morgan fingerprint density at radius 1 is 0.818 bits per heavy atom. The Kier molecular flexibility index (Phi) is 18.1. The zero-order chi connectivity index (χ0) is 7.66. The van der Waals surface area contributed by atoms with E-state index in [4.69, 9.17) is 11.6 Å². The van der Waals surface area contributed by atoms with Gasteiger partial charge in [0.2, 0.25) is 0 Å². The Hall–Kier alpha value is 1.06. The van der Waals surface area contributed by atoms with Crippen LogP contribution in [0.2, 0.25) is 0 Å². The lowest BCUT2D eigenvalue weighted by Crippen LogP contribution is -1.79. The molecule has 0 unspecified atom stereocenters. The van der Waals surface area contributed by atoms with Crippen molar-refractivity contribution < 1.29 is 0 Å². The molecule has 0 radical (unpaired) electrons. The van der Waals surface area contributed by atoms with Crippen LogP contribution in [0.15, 0.2) is 0 Å². The Labute approximate surface area is 92.2 Å². The van der Waals surface area contributed by atoms with Crippen molar-refractivity contribution in [3.05, 3.63) is 0 Å². The van der Waals surface area contributed by atoms with E-state index in [-0.39, 0.29) is 23.1 Å². The maximum absolute atomic E-state index is 5.54. The van der Waals surface area contributed by atoms with Crippen molar-refractivity contribution in [3.63, 3.8) is 0 Å². The molecule has 2 heteroatoms. The second-order valence-corrected chi connectivity index (χ2v) is 3.19. The van der Waals surface area contributed by atoms with Gasteiger partial charge >= 0.3 is 23.1 Å². The lowest BCUT2D eigenvalue weighted by Gasteiger charge is -1.97. The van der Waals surface area contributed by atoms with Gasteiger partial charge in [-0.1, -0.05) is 45.4 Å². The highest BCUT2D eigenvalue weighted by atomic mass is 35.5. The molecule has 0 saturated heterocycles. The van der Waals surface area contributed by atoms with Gasteiger partial charge < -0.3 is 0 Å². The molecule has 0 aliphatic rings. The smallest absolute Gasteiger partial charge is 0.127 e. The molecule has 0 fully saturated rings. The summed E-state index contributed by atoms with van der Waals surface area (Å²) in [4.78, 5) is 0. The molecule has 0 atom stereocenters. The highest BCUT2D eigenvalue weighted by Gasteiger charge is 1.88. The molecule has 0 aliphatic carbocycles. The van der Waals surface area contributed by atoms with Crippen LogP contribution in [0, 0.1) is 0 Å². The van der Waals surface area contributed by atoms with E-state index in [0.717, 1.165) is 5.88 Å². The van der Waals surface area contributed by atoms with Crippen molar-refractivity contribution in [3.8, 4) is 0 Å². The predicted octanol–water partition coefficient (Wildman–Crippen LogP) is 3.06. The van der Waals surface area contributed by atoms with Gasteiger partial charge in [0.1, 0.15) is 0 Å². The highest BCUT2D eigenvalue weighted by Crippen LogP contribution is 2.06. The van der Waals surface area contributed by atoms with Gasteiger partial charge in [-0.05, 0) is 6.42 Å². The second-order valence-electron chi connectivity index (χ2n) is 2.81. The summed E-state index contributed by atoms with van der Waals surface area (Å²) in [6, 6.07) is 0. The number of unbranched alkanes of at least 4 members (excludes halogenated alkanes) is 6. The quantitative estimate of drug-likeness (QED) is 0.328. The molecule has 0 nitrogen and oxygen atoms in total. The fourth-order valence-corrected chi connectivity index (χ4v) is 1.24. The third-order valence-electron chi connectivity index (χ3n) is 1.74. The summed E-state index contributed by atoms with van der Waals surface area (Å²) >= 11 is 5.54. The minimum atomic E-state index is 0. The van der Waals surface area contributed by atoms with Crippen LogP contribution in [-0.4, -0.2) is 28.9 Å². The molecule has 0 aliphatic heterocycles. The molecular weight excluding hydrogens is 168 g/mol. The second kappa shape index (κ2) is 13.6. The number of hydrogen-bond acceptors (Lipinski definition) is 0. The molecule has 0 saturated carbocycles. The van der Waals surface area contributed by atoms with Crippen LogP contribution in [0.5, 0.6) is 0 Å². The SMILES string of the molecule is CCCCCCCCCCl.[MgH2]. The first-order valence-electron chi connectivity index (χ1n) is 4.47. The fraction of sp³-hybridized carbons (Fsp3) is 1.00. The van der Waals surface area contributed by atoms with E-state index in [1.54, 1.807) is 0 Å². The lowest BCUT2D eigenvalue weighted by atomic mass is 10.1. The molecule has 11 heavy (non-hydrogen) atoms. The zero-order valence-corrected chi connectivity index (χ0v) is 7.79. The number of halogens is 1. The van der Waals surface area contributed by atoms with Crippen molar-refractivity contribution >= 4 is 34.7 Å². The first-order valence-corrected chi connectivity index (χ1v) is 5.01. The van der Waals surface area contributed by atoms with Crippen LogP contribution in [0.1, 0.15) is 51.9 Å². The monoisotopic (exact) mass is 188 g/mol. The summed E-state index contributed by atoms with van der Waals surface area (Å²) in [5, 5.41) is 0. The van der Waals surface area contributed by atoms with E-state index < -0.39 is 0 Å². The average molecular weight is 189 g/mol. The van der Waals surface area contributed by atoms with Gasteiger partial charge in [-0.25, -0.2) is 0 Å². The Morgan fingerprint density at radius 3 is 1.73 bits per heavy atom. The maximum atomic E-state index is 5.54. The third-order valence-corrected chi connectivity index (χ3v) is 2.00. The molecule has 0 amide bonds. The van der Waals surface area contributed by atoms with E-state index in [2.05, 4.69) is 6.92 Å². The largest absolute Gasteiger partial charge is 0.316 e. The van der Waals surface area contributed by atoms with Crippen molar-refractivity contribution in [2.45, 2.75) is 51.9 Å². The highest BCUT2D eigenvalue weighted by molar-refractivity contribution is 6.17. The molecule has 0 N–H and O–H groups in total. The summed E-state index contributed by atoms with van der Waals surface area (Å²) in [6.45, 7) is 2.25. The third kappa shape index (κ3) is 14.0. The summed E-state index contributed by atoms with van der Waals surface area (Å²) in [5.74, 6) is 0.841. The molecule has 0 bridgehead atoms. The average Bonchev–Trinajstić information content (AvgIpc) is 1.97. The molecule has 0 aromatic carbocycles. The lowest BCUT2D eigenvalue weighted by molar-refractivity contribution is 0.603. The summed E-state index contributed by atoms with van der Waals surface area (Å²) in [7, 11) is 0. The predicted molar refractivity (Wildman–Crippen MR) is 57.3 cm³/mol. The van der Waals surface area contributed by atoms with Crippen LogP contribution < -0.4 is 0 Å². The van der Waals surface area contributed by atoms with Crippen molar-refractivity contribution in [1.29, 1.82) is 0 Å².